The number of hydrogen-bond donors (Lipinski definition) is 1. The van der Waals surface area contributed by atoms with Crippen LogP contribution in [0.3, 0.4) is 0 Å². The van der Waals surface area contributed by atoms with Gasteiger partial charge in [0.1, 0.15) is 5.75 Å². The lowest BCUT2D eigenvalue weighted by molar-refractivity contribution is -0.117. The number of amides is 1. The Bertz CT molecular complexity index is 391. The molecule has 0 bridgehead atoms. The molecule has 0 aliphatic heterocycles. The van der Waals surface area contributed by atoms with Crippen molar-refractivity contribution in [1.29, 1.82) is 0 Å². The quantitative estimate of drug-likeness (QED) is 0.842. The summed E-state index contributed by atoms with van der Waals surface area (Å²) in [6.45, 7) is 6.62. The maximum Gasteiger partial charge on any atom is 0.240 e. The predicted octanol–water partition coefficient (Wildman–Crippen LogP) is 2.18. The third kappa shape index (κ3) is 3.74. The average molecular weight is 250 g/mol. The highest BCUT2D eigenvalue weighted by Gasteiger charge is 2.17. The third-order valence-electron chi connectivity index (χ3n) is 2.44. The minimum absolute atomic E-state index is 0.00993. The first-order chi connectivity index (χ1) is 8.60. The van der Waals surface area contributed by atoms with Gasteiger partial charge in [-0.2, -0.15) is 0 Å². The molecular formula is C14H22N2O2. The van der Waals surface area contributed by atoms with Crippen LogP contribution in [-0.4, -0.2) is 25.1 Å². The van der Waals surface area contributed by atoms with Crippen molar-refractivity contribution in [1.82, 2.24) is 0 Å². The Kier molecular flexibility index (Phi) is 5.65. The molecule has 0 aromatic heterocycles. The molecule has 0 saturated heterocycles. The summed E-state index contributed by atoms with van der Waals surface area (Å²) in [7, 11) is 0. The van der Waals surface area contributed by atoms with Crippen molar-refractivity contribution in [2.24, 2.45) is 5.73 Å². The van der Waals surface area contributed by atoms with Crippen LogP contribution in [-0.2, 0) is 4.79 Å². The van der Waals surface area contributed by atoms with Crippen molar-refractivity contribution in [3.63, 3.8) is 0 Å². The van der Waals surface area contributed by atoms with Crippen molar-refractivity contribution in [3.05, 3.63) is 24.3 Å². The van der Waals surface area contributed by atoms with Crippen LogP contribution >= 0.6 is 0 Å². The van der Waals surface area contributed by atoms with Gasteiger partial charge in [-0.3, -0.25) is 4.79 Å². The van der Waals surface area contributed by atoms with E-state index in [1.54, 1.807) is 4.90 Å². The zero-order valence-electron chi connectivity index (χ0n) is 11.3. The maximum absolute atomic E-state index is 11.9. The van der Waals surface area contributed by atoms with Crippen LogP contribution in [0.25, 0.3) is 0 Å². The van der Waals surface area contributed by atoms with Gasteiger partial charge in [-0.25, -0.2) is 0 Å². The summed E-state index contributed by atoms with van der Waals surface area (Å²) in [5.74, 6) is 0.638. The molecule has 1 amide bonds. The number of rotatable bonds is 6. The van der Waals surface area contributed by atoms with Crippen molar-refractivity contribution >= 4 is 11.6 Å². The molecule has 1 aromatic rings. The maximum atomic E-state index is 11.9. The molecule has 0 atom stereocenters. The van der Waals surface area contributed by atoms with Gasteiger partial charge in [-0.05, 0) is 32.4 Å². The number of anilines is 1. The number of nitrogens with zero attached hydrogens (tertiary/aromatic N) is 1. The van der Waals surface area contributed by atoms with Crippen LogP contribution < -0.4 is 15.4 Å². The molecular weight excluding hydrogens is 228 g/mol. The lowest BCUT2D eigenvalue weighted by Crippen LogP contribution is -2.37. The van der Waals surface area contributed by atoms with E-state index < -0.39 is 0 Å². The van der Waals surface area contributed by atoms with Crippen molar-refractivity contribution in [3.8, 4) is 5.75 Å². The average Bonchev–Trinajstić information content (AvgIpc) is 2.35. The fourth-order valence-electron chi connectivity index (χ4n) is 1.75. The number of carbonyl (C=O) groups excluding carboxylic acids is 1. The van der Waals surface area contributed by atoms with E-state index in [0.29, 0.717) is 6.54 Å². The predicted molar refractivity (Wildman–Crippen MR) is 73.9 cm³/mol. The van der Waals surface area contributed by atoms with E-state index in [1.807, 2.05) is 45.0 Å². The summed E-state index contributed by atoms with van der Waals surface area (Å²) in [4.78, 5) is 13.6. The Balaban J connectivity index is 3.06. The van der Waals surface area contributed by atoms with Crippen LogP contribution in [0.4, 0.5) is 5.69 Å². The molecule has 0 spiro atoms. The molecule has 0 heterocycles. The lowest BCUT2D eigenvalue weighted by atomic mass is 10.2. The van der Waals surface area contributed by atoms with Crippen molar-refractivity contribution in [2.45, 2.75) is 33.3 Å². The van der Waals surface area contributed by atoms with Gasteiger partial charge in [0.2, 0.25) is 5.91 Å². The number of para-hydroxylation sites is 2. The van der Waals surface area contributed by atoms with E-state index in [2.05, 4.69) is 0 Å². The SMILES string of the molecule is CCCN(C(=O)CN)c1ccccc1OC(C)C. The smallest absolute Gasteiger partial charge is 0.240 e. The zero-order chi connectivity index (χ0) is 13.5. The Morgan fingerprint density at radius 3 is 2.61 bits per heavy atom. The standard InChI is InChI=1S/C14H22N2O2/c1-4-9-16(14(17)10-15)12-7-5-6-8-13(12)18-11(2)3/h5-8,11H,4,9-10,15H2,1-3H3. The van der Waals surface area contributed by atoms with E-state index in [9.17, 15) is 4.79 Å². The summed E-state index contributed by atoms with van der Waals surface area (Å²) < 4.78 is 5.73. The van der Waals surface area contributed by atoms with E-state index in [1.165, 1.54) is 0 Å². The van der Waals surface area contributed by atoms with Gasteiger partial charge < -0.3 is 15.4 Å². The van der Waals surface area contributed by atoms with E-state index in [0.717, 1.165) is 17.9 Å². The fourth-order valence-corrected chi connectivity index (χ4v) is 1.75. The second-order valence-electron chi connectivity index (χ2n) is 4.38. The third-order valence-corrected chi connectivity index (χ3v) is 2.44. The number of hydrogen-bond acceptors (Lipinski definition) is 3. The minimum atomic E-state index is -0.0864. The normalized spacial score (nSPS) is 10.5. The molecule has 2 N–H and O–H groups in total. The largest absolute Gasteiger partial charge is 0.489 e. The summed E-state index contributed by atoms with van der Waals surface area (Å²) in [5.41, 5.74) is 6.25. The molecule has 0 radical (unpaired) electrons. The van der Waals surface area contributed by atoms with Crippen LogP contribution in [0, 0.1) is 0 Å². The van der Waals surface area contributed by atoms with Crippen LogP contribution in [0.15, 0.2) is 24.3 Å². The van der Waals surface area contributed by atoms with Gasteiger partial charge in [0.15, 0.2) is 0 Å². The topological polar surface area (TPSA) is 55.6 Å². The molecule has 18 heavy (non-hydrogen) atoms. The Hall–Kier alpha value is -1.55. The monoisotopic (exact) mass is 250 g/mol. The fraction of sp³-hybridized carbons (Fsp3) is 0.500. The Morgan fingerprint density at radius 1 is 1.39 bits per heavy atom. The first-order valence-electron chi connectivity index (χ1n) is 6.36. The highest BCUT2D eigenvalue weighted by Crippen LogP contribution is 2.29. The zero-order valence-corrected chi connectivity index (χ0v) is 11.3. The second-order valence-corrected chi connectivity index (χ2v) is 4.38. The second kappa shape index (κ2) is 7.01. The van der Waals surface area contributed by atoms with E-state index >= 15 is 0 Å². The van der Waals surface area contributed by atoms with Gasteiger partial charge in [-0.1, -0.05) is 19.1 Å². The van der Waals surface area contributed by atoms with Crippen molar-refractivity contribution < 1.29 is 9.53 Å². The summed E-state index contributed by atoms with van der Waals surface area (Å²) in [5, 5.41) is 0. The molecule has 0 saturated carbocycles. The Labute approximate surface area is 109 Å². The number of nitrogens with two attached hydrogens (primary N) is 1. The van der Waals surface area contributed by atoms with Gasteiger partial charge in [-0.15, -0.1) is 0 Å². The van der Waals surface area contributed by atoms with Gasteiger partial charge in [0.05, 0.1) is 18.3 Å². The molecule has 0 unspecified atom stereocenters. The van der Waals surface area contributed by atoms with E-state index in [4.69, 9.17) is 10.5 Å². The van der Waals surface area contributed by atoms with Gasteiger partial charge in [0.25, 0.3) is 0 Å². The lowest BCUT2D eigenvalue weighted by Gasteiger charge is -2.25. The molecule has 4 nitrogen and oxygen atoms in total. The highest BCUT2D eigenvalue weighted by atomic mass is 16.5. The summed E-state index contributed by atoms with van der Waals surface area (Å²) in [6, 6.07) is 7.57. The molecule has 0 aliphatic rings. The Morgan fingerprint density at radius 2 is 2.06 bits per heavy atom. The summed E-state index contributed by atoms with van der Waals surface area (Å²) in [6.07, 6.45) is 0.949. The number of benzene rings is 1. The van der Waals surface area contributed by atoms with E-state index in [-0.39, 0.29) is 18.6 Å². The first-order valence-corrected chi connectivity index (χ1v) is 6.36. The molecule has 100 valence electrons. The van der Waals surface area contributed by atoms with Crippen molar-refractivity contribution in [2.75, 3.05) is 18.0 Å². The summed E-state index contributed by atoms with van der Waals surface area (Å²) >= 11 is 0. The van der Waals surface area contributed by atoms with Crippen LogP contribution in [0.5, 0.6) is 5.75 Å². The molecule has 1 rings (SSSR count). The molecule has 1 aromatic carbocycles. The van der Waals surface area contributed by atoms with Crippen LogP contribution in [0.1, 0.15) is 27.2 Å². The molecule has 0 aliphatic carbocycles. The first kappa shape index (κ1) is 14.5. The van der Waals surface area contributed by atoms with Gasteiger partial charge in [0, 0.05) is 6.54 Å². The van der Waals surface area contributed by atoms with Crippen LogP contribution in [0.2, 0.25) is 0 Å². The number of carbonyl (C=O) groups is 1. The molecule has 0 fully saturated rings. The van der Waals surface area contributed by atoms with Gasteiger partial charge >= 0.3 is 0 Å². The minimum Gasteiger partial charge on any atom is -0.489 e. The highest BCUT2D eigenvalue weighted by molar-refractivity contribution is 5.96. The number of ether oxygens (including phenoxy) is 1. The molecule has 4 heteroatoms.